The number of anilines is 1. The van der Waals surface area contributed by atoms with E-state index in [4.69, 9.17) is 10.3 Å². The van der Waals surface area contributed by atoms with Gasteiger partial charge in [0.15, 0.2) is 5.82 Å². The highest BCUT2D eigenvalue weighted by Gasteiger charge is 2.43. The van der Waals surface area contributed by atoms with Gasteiger partial charge in [-0.2, -0.15) is 4.98 Å². The first kappa shape index (κ1) is 10.3. The maximum absolute atomic E-state index is 5.93. The van der Waals surface area contributed by atoms with Crippen molar-refractivity contribution in [3.05, 3.63) is 29.6 Å². The fraction of sp³-hybridized carbons (Fsp3) is 0.385. The fourth-order valence-electron chi connectivity index (χ4n) is 1.84. The molecule has 1 saturated carbocycles. The molecule has 0 unspecified atom stereocenters. The van der Waals surface area contributed by atoms with Crippen molar-refractivity contribution in [3.63, 3.8) is 0 Å². The summed E-state index contributed by atoms with van der Waals surface area (Å²) < 4.78 is 5.31. The average Bonchev–Trinajstić information content (AvgIpc) is 2.88. The van der Waals surface area contributed by atoms with Gasteiger partial charge < -0.3 is 10.3 Å². The lowest BCUT2D eigenvalue weighted by atomic mass is 10.1. The van der Waals surface area contributed by atoms with Crippen molar-refractivity contribution in [1.29, 1.82) is 0 Å². The predicted molar refractivity (Wildman–Crippen MR) is 65.5 cm³/mol. The van der Waals surface area contributed by atoms with Crippen LogP contribution in [-0.4, -0.2) is 10.1 Å². The monoisotopic (exact) mass is 229 g/mol. The molecule has 2 aromatic rings. The maximum Gasteiger partial charge on any atom is 0.260 e. The van der Waals surface area contributed by atoms with E-state index in [2.05, 4.69) is 17.1 Å². The molecule has 1 fully saturated rings. The van der Waals surface area contributed by atoms with Crippen LogP contribution in [0.2, 0.25) is 0 Å². The van der Waals surface area contributed by atoms with Gasteiger partial charge in [0.2, 0.25) is 0 Å². The summed E-state index contributed by atoms with van der Waals surface area (Å²) in [5, 5.41) is 4.06. The van der Waals surface area contributed by atoms with E-state index in [1.165, 1.54) is 0 Å². The van der Waals surface area contributed by atoms with Gasteiger partial charge in [-0.05, 0) is 31.9 Å². The highest BCUT2D eigenvalue weighted by molar-refractivity contribution is 5.71. The third kappa shape index (κ3) is 1.69. The second-order valence-electron chi connectivity index (χ2n) is 5.07. The summed E-state index contributed by atoms with van der Waals surface area (Å²) in [6.45, 7) is 4.17. The molecule has 0 amide bonds. The molecule has 3 rings (SSSR count). The van der Waals surface area contributed by atoms with Gasteiger partial charge in [-0.25, -0.2) is 0 Å². The summed E-state index contributed by atoms with van der Waals surface area (Å²) in [4.78, 5) is 4.46. The lowest BCUT2D eigenvalue weighted by Gasteiger charge is -2.01. The quantitative estimate of drug-likeness (QED) is 0.804. The summed E-state index contributed by atoms with van der Waals surface area (Å²) in [5.41, 5.74) is 8.68. The largest absolute Gasteiger partial charge is 0.398 e. The topological polar surface area (TPSA) is 64.9 Å². The van der Waals surface area contributed by atoms with Crippen LogP contribution in [0.1, 0.15) is 31.2 Å². The second kappa shape index (κ2) is 3.32. The fourth-order valence-corrected chi connectivity index (χ4v) is 1.84. The molecule has 1 aliphatic carbocycles. The van der Waals surface area contributed by atoms with E-state index in [1.807, 2.05) is 25.1 Å². The van der Waals surface area contributed by atoms with Crippen LogP contribution in [0.5, 0.6) is 0 Å². The highest BCUT2D eigenvalue weighted by Crippen LogP contribution is 2.46. The van der Waals surface area contributed by atoms with E-state index in [9.17, 15) is 0 Å². The van der Waals surface area contributed by atoms with E-state index in [0.717, 1.165) is 29.8 Å². The first-order valence-corrected chi connectivity index (χ1v) is 5.79. The summed E-state index contributed by atoms with van der Waals surface area (Å²) in [6.07, 6.45) is 2.27. The Bertz CT molecular complexity index is 570. The van der Waals surface area contributed by atoms with E-state index in [0.29, 0.717) is 11.6 Å². The van der Waals surface area contributed by atoms with Crippen molar-refractivity contribution in [1.82, 2.24) is 10.1 Å². The Morgan fingerprint density at radius 3 is 2.82 bits per heavy atom. The zero-order chi connectivity index (χ0) is 12.0. The van der Waals surface area contributed by atoms with Crippen LogP contribution in [0.3, 0.4) is 0 Å². The molecule has 4 nitrogen and oxygen atoms in total. The zero-order valence-electron chi connectivity index (χ0n) is 10.0. The Morgan fingerprint density at radius 1 is 1.35 bits per heavy atom. The first-order valence-electron chi connectivity index (χ1n) is 5.79. The minimum absolute atomic E-state index is 0.125. The Hall–Kier alpha value is -1.84. The maximum atomic E-state index is 5.93. The zero-order valence-corrected chi connectivity index (χ0v) is 10.0. The number of nitrogens with two attached hydrogens (primary N) is 1. The van der Waals surface area contributed by atoms with Gasteiger partial charge in [0.1, 0.15) is 0 Å². The molecule has 0 spiro atoms. The lowest BCUT2D eigenvalue weighted by Crippen LogP contribution is -2.02. The SMILES string of the molecule is Cc1ccc(N)c(-c2nc(C3(C)CC3)no2)c1. The molecular formula is C13H15N3O. The van der Waals surface area contributed by atoms with Crippen molar-refractivity contribution in [2.45, 2.75) is 32.1 Å². The number of hydrogen-bond acceptors (Lipinski definition) is 4. The van der Waals surface area contributed by atoms with Gasteiger partial charge in [-0.15, -0.1) is 0 Å². The van der Waals surface area contributed by atoms with Crippen molar-refractivity contribution in [3.8, 4) is 11.5 Å². The smallest absolute Gasteiger partial charge is 0.260 e. The molecule has 0 saturated heterocycles. The summed E-state index contributed by atoms with van der Waals surface area (Å²) in [7, 11) is 0. The minimum atomic E-state index is 0.125. The standard InChI is InChI=1S/C13H15N3O/c1-8-3-4-10(14)9(7-8)11-15-12(16-17-11)13(2)5-6-13/h3-4,7H,5-6,14H2,1-2H3. The summed E-state index contributed by atoms with van der Waals surface area (Å²) in [6, 6.07) is 5.81. The third-order valence-electron chi connectivity index (χ3n) is 3.41. The van der Waals surface area contributed by atoms with Gasteiger partial charge in [-0.3, -0.25) is 0 Å². The van der Waals surface area contributed by atoms with E-state index in [-0.39, 0.29) is 5.41 Å². The van der Waals surface area contributed by atoms with Gasteiger partial charge in [0.25, 0.3) is 5.89 Å². The molecule has 1 heterocycles. The molecule has 0 bridgehead atoms. The third-order valence-corrected chi connectivity index (χ3v) is 3.41. The van der Waals surface area contributed by atoms with Crippen molar-refractivity contribution >= 4 is 5.69 Å². The molecule has 1 aromatic heterocycles. The number of aryl methyl sites for hydroxylation is 1. The number of nitrogens with zero attached hydrogens (tertiary/aromatic N) is 2. The van der Waals surface area contributed by atoms with Crippen LogP contribution in [0.4, 0.5) is 5.69 Å². The number of rotatable bonds is 2. The van der Waals surface area contributed by atoms with Crippen LogP contribution >= 0.6 is 0 Å². The highest BCUT2D eigenvalue weighted by atomic mass is 16.5. The Labute approximate surface area is 99.8 Å². The normalized spacial score (nSPS) is 17.1. The average molecular weight is 229 g/mol. The molecule has 1 aliphatic rings. The minimum Gasteiger partial charge on any atom is -0.398 e. The van der Waals surface area contributed by atoms with Crippen LogP contribution in [0.25, 0.3) is 11.5 Å². The van der Waals surface area contributed by atoms with E-state index in [1.54, 1.807) is 0 Å². The molecular weight excluding hydrogens is 214 g/mol. The van der Waals surface area contributed by atoms with Gasteiger partial charge >= 0.3 is 0 Å². The van der Waals surface area contributed by atoms with Crippen LogP contribution < -0.4 is 5.73 Å². The molecule has 2 N–H and O–H groups in total. The molecule has 0 aliphatic heterocycles. The summed E-state index contributed by atoms with van der Waals surface area (Å²) >= 11 is 0. The molecule has 4 heteroatoms. The molecule has 0 atom stereocenters. The van der Waals surface area contributed by atoms with Crippen LogP contribution in [0, 0.1) is 6.92 Å². The molecule has 17 heavy (non-hydrogen) atoms. The van der Waals surface area contributed by atoms with Crippen LogP contribution in [-0.2, 0) is 5.41 Å². The summed E-state index contributed by atoms with van der Waals surface area (Å²) in [5.74, 6) is 1.32. The number of aromatic nitrogens is 2. The van der Waals surface area contributed by atoms with Gasteiger partial charge in [-0.1, -0.05) is 23.7 Å². The lowest BCUT2D eigenvalue weighted by molar-refractivity contribution is 0.416. The van der Waals surface area contributed by atoms with Crippen molar-refractivity contribution < 1.29 is 4.52 Å². The van der Waals surface area contributed by atoms with E-state index < -0.39 is 0 Å². The molecule has 88 valence electrons. The van der Waals surface area contributed by atoms with Crippen molar-refractivity contribution in [2.75, 3.05) is 5.73 Å². The second-order valence-corrected chi connectivity index (χ2v) is 5.07. The predicted octanol–water partition coefficient (Wildman–Crippen LogP) is 2.68. The molecule has 0 radical (unpaired) electrons. The Morgan fingerprint density at radius 2 is 2.12 bits per heavy atom. The number of nitrogen functional groups attached to an aromatic ring is 1. The van der Waals surface area contributed by atoms with E-state index >= 15 is 0 Å². The van der Waals surface area contributed by atoms with Gasteiger partial charge in [0, 0.05) is 11.1 Å². The molecule has 1 aromatic carbocycles. The first-order chi connectivity index (χ1) is 8.08. The number of benzene rings is 1. The van der Waals surface area contributed by atoms with Crippen LogP contribution in [0.15, 0.2) is 22.7 Å². The number of hydrogen-bond donors (Lipinski definition) is 1. The Balaban J connectivity index is 2.03. The van der Waals surface area contributed by atoms with Crippen molar-refractivity contribution in [2.24, 2.45) is 0 Å². The Kier molecular flexibility index (Phi) is 2.02. The van der Waals surface area contributed by atoms with Gasteiger partial charge in [0.05, 0.1) is 5.56 Å².